The predicted octanol–water partition coefficient (Wildman–Crippen LogP) is 3.81. The van der Waals surface area contributed by atoms with Gasteiger partial charge >= 0.3 is 6.18 Å². The van der Waals surface area contributed by atoms with Crippen LogP contribution in [0.2, 0.25) is 0 Å². The number of methoxy groups -OCH3 is 1. The van der Waals surface area contributed by atoms with Crippen LogP contribution in [0.4, 0.5) is 24.8 Å². The van der Waals surface area contributed by atoms with Crippen LogP contribution >= 0.6 is 0 Å². The summed E-state index contributed by atoms with van der Waals surface area (Å²) in [5.41, 5.74) is 6.13. The number of pyridine rings is 2. The van der Waals surface area contributed by atoms with Crippen LogP contribution in [0.5, 0.6) is 5.88 Å². The van der Waals surface area contributed by atoms with E-state index in [2.05, 4.69) is 24.7 Å². The summed E-state index contributed by atoms with van der Waals surface area (Å²) in [5, 5.41) is 0.615. The highest BCUT2D eigenvalue weighted by Gasteiger charge is 2.37. The highest BCUT2D eigenvalue weighted by molar-refractivity contribution is 7.92. The fraction of sp³-hybridized carbons (Fsp3) is 0.143. The second-order valence-electron chi connectivity index (χ2n) is 7.14. The highest BCUT2D eigenvalue weighted by atomic mass is 32.2. The number of alkyl halides is 3. The van der Waals surface area contributed by atoms with Gasteiger partial charge in [0, 0.05) is 28.9 Å². The van der Waals surface area contributed by atoms with Crippen LogP contribution in [-0.4, -0.2) is 35.5 Å². The zero-order valence-electron chi connectivity index (χ0n) is 17.8. The molecule has 0 radical (unpaired) electrons. The molecular weight excluding hydrogens is 473 g/mol. The maximum Gasteiger partial charge on any atom is 0.417 e. The molecule has 0 spiro atoms. The van der Waals surface area contributed by atoms with E-state index >= 15 is 0 Å². The Balaban J connectivity index is 1.78. The molecule has 3 heterocycles. The van der Waals surface area contributed by atoms with Crippen molar-refractivity contribution in [3.63, 3.8) is 0 Å². The van der Waals surface area contributed by atoms with Gasteiger partial charge in [0.05, 0.1) is 23.3 Å². The average molecular weight is 490 g/mol. The lowest BCUT2D eigenvalue weighted by molar-refractivity contribution is -0.139. The van der Waals surface area contributed by atoms with Crippen molar-refractivity contribution >= 4 is 32.7 Å². The number of rotatable bonds is 5. The maximum atomic E-state index is 13.4. The molecule has 0 amide bonds. The first-order valence-corrected chi connectivity index (χ1v) is 11.1. The van der Waals surface area contributed by atoms with Gasteiger partial charge in [-0.1, -0.05) is 12.1 Å². The van der Waals surface area contributed by atoms with E-state index in [-0.39, 0.29) is 17.5 Å². The molecule has 3 N–H and O–H groups in total. The van der Waals surface area contributed by atoms with Gasteiger partial charge in [-0.2, -0.15) is 18.2 Å². The van der Waals surface area contributed by atoms with E-state index in [0.29, 0.717) is 33.9 Å². The lowest BCUT2D eigenvalue weighted by Crippen LogP contribution is -2.19. The standard InChI is InChI=1S/C21H17F3N6O3S/c1-11-14-7-12(9-26-18(14)29-20(25)28-11)13-8-16(19(33-2)27-10-13)30-34(31,32)17-6-4-3-5-15(17)21(22,23)24/h3-10,30H,1-2H3,(H2,25,26,28,29). The Morgan fingerprint density at radius 3 is 2.41 bits per heavy atom. The Morgan fingerprint density at radius 1 is 1.03 bits per heavy atom. The van der Waals surface area contributed by atoms with E-state index in [1.807, 2.05) is 0 Å². The Bertz CT molecular complexity index is 1510. The van der Waals surface area contributed by atoms with Gasteiger partial charge in [0.1, 0.15) is 5.69 Å². The van der Waals surface area contributed by atoms with Crippen LogP contribution in [0.25, 0.3) is 22.2 Å². The number of anilines is 2. The van der Waals surface area contributed by atoms with Crippen molar-refractivity contribution in [2.45, 2.75) is 18.0 Å². The number of ether oxygens (including phenoxy) is 1. The number of sulfonamides is 1. The molecule has 0 unspecified atom stereocenters. The van der Waals surface area contributed by atoms with Crippen molar-refractivity contribution in [2.24, 2.45) is 0 Å². The lowest BCUT2D eigenvalue weighted by Gasteiger charge is -2.16. The van der Waals surface area contributed by atoms with E-state index in [1.54, 1.807) is 13.0 Å². The minimum Gasteiger partial charge on any atom is -0.480 e. The molecular formula is C21H17F3N6O3S. The molecule has 9 nitrogen and oxygen atoms in total. The number of nitrogens with zero attached hydrogens (tertiary/aromatic N) is 4. The molecule has 0 saturated carbocycles. The topological polar surface area (TPSA) is 133 Å². The first kappa shape index (κ1) is 23.2. The number of hydrogen-bond acceptors (Lipinski definition) is 8. The first-order chi connectivity index (χ1) is 16.0. The molecule has 176 valence electrons. The summed E-state index contributed by atoms with van der Waals surface area (Å²) in [7, 11) is -3.39. The second kappa shape index (κ2) is 8.41. The summed E-state index contributed by atoms with van der Waals surface area (Å²) >= 11 is 0. The van der Waals surface area contributed by atoms with Gasteiger partial charge in [0.15, 0.2) is 5.65 Å². The molecule has 4 rings (SSSR count). The van der Waals surface area contributed by atoms with Crippen LogP contribution in [-0.2, 0) is 16.2 Å². The summed E-state index contributed by atoms with van der Waals surface area (Å²) < 4.78 is 73.2. The summed E-state index contributed by atoms with van der Waals surface area (Å²) in [6.07, 6.45) is -1.97. The number of aromatic nitrogens is 4. The zero-order chi connectivity index (χ0) is 24.7. The SMILES string of the molecule is COc1ncc(-c2cnc3nc(N)nc(C)c3c2)cc1NS(=O)(=O)c1ccccc1C(F)(F)F. The average Bonchev–Trinajstić information content (AvgIpc) is 2.78. The number of aryl methyl sites for hydroxylation is 1. The van der Waals surface area contributed by atoms with Crippen molar-refractivity contribution in [1.82, 2.24) is 19.9 Å². The number of halogens is 3. The molecule has 0 aliphatic heterocycles. The molecule has 3 aromatic heterocycles. The molecule has 13 heteroatoms. The monoisotopic (exact) mass is 490 g/mol. The Morgan fingerprint density at radius 2 is 1.71 bits per heavy atom. The molecule has 0 aliphatic carbocycles. The van der Waals surface area contributed by atoms with Crippen molar-refractivity contribution < 1.29 is 26.3 Å². The maximum absolute atomic E-state index is 13.4. The van der Waals surface area contributed by atoms with Gasteiger partial charge in [-0.25, -0.2) is 23.4 Å². The van der Waals surface area contributed by atoms with Gasteiger partial charge in [0.25, 0.3) is 10.0 Å². The van der Waals surface area contributed by atoms with E-state index in [1.165, 1.54) is 31.6 Å². The zero-order valence-corrected chi connectivity index (χ0v) is 18.6. The Kier molecular flexibility index (Phi) is 5.73. The third-order valence-corrected chi connectivity index (χ3v) is 6.29. The van der Waals surface area contributed by atoms with Crippen LogP contribution in [0.15, 0.2) is 53.7 Å². The van der Waals surface area contributed by atoms with E-state index in [9.17, 15) is 21.6 Å². The predicted molar refractivity (Wildman–Crippen MR) is 119 cm³/mol. The third-order valence-electron chi connectivity index (χ3n) is 4.86. The summed E-state index contributed by atoms with van der Waals surface area (Å²) in [6.45, 7) is 1.73. The molecule has 0 aliphatic rings. The minimum atomic E-state index is -4.87. The smallest absolute Gasteiger partial charge is 0.417 e. The largest absolute Gasteiger partial charge is 0.480 e. The van der Waals surface area contributed by atoms with Gasteiger partial charge in [-0.15, -0.1) is 0 Å². The fourth-order valence-corrected chi connectivity index (χ4v) is 4.59. The van der Waals surface area contributed by atoms with Gasteiger partial charge in [-0.05, 0) is 31.2 Å². The molecule has 0 fully saturated rings. The number of hydrogen-bond donors (Lipinski definition) is 2. The van der Waals surface area contributed by atoms with Crippen LogP contribution in [0.3, 0.4) is 0 Å². The third kappa shape index (κ3) is 4.41. The second-order valence-corrected chi connectivity index (χ2v) is 8.79. The van der Waals surface area contributed by atoms with Gasteiger partial charge in [-0.3, -0.25) is 4.72 Å². The first-order valence-electron chi connectivity index (χ1n) is 9.63. The Hall–Kier alpha value is -4.00. The van der Waals surface area contributed by atoms with Gasteiger partial charge < -0.3 is 10.5 Å². The van der Waals surface area contributed by atoms with Gasteiger partial charge in [0.2, 0.25) is 11.8 Å². The van der Waals surface area contributed by atoms with E-state index in [0.717, 1.165) is 12.1 Å². The Labute approximate surface area is 191 Å². The minimum absolute atomic E-state index is 0.0761. The number of fused-ring (bicyclic) bond motifs is 1. The van der Waals surface area contributed by atoms with Crippen LogP contribution in [0.1, 0.15) is 11.3 Å². The van der Waals surface area contributed by atoms with Crippen LogP contribution in [0, 0.1) is 6.92 Å². The normalized spacial score (nSPS) is 12.0. The van der Waals surface area contributed by atoms with E-state index in [4.69, 9.17) is 10.5 Å². The molecule has 0 atom stereocenters. The summed E-state index contributed by atoms with van der Waals surface area (Å²) in [5.74, 6) is -0.0509. The highest BCUT2D eigenvalue weighted by Crippen LogP contribution is 2.36. The quantitative estimate of drug-likeness (QED) is 0.432. The number of benzene rings is 1. The summed E-state index contributed by atoms with van der Waals surface area (Å²) in [6, 6.07) is 6.98. The number of nitrogens with one attached hydrogen (secondary N) is 1. The molecule has 0 saturated heterocycles. The molecule has 4 aromatic rings. The van der Waals surface area contributed by atoms with E-state index < -0.39 is 26.7 Å². The molecule has 1 aromatic carbocycles. The summed E-state index contributed by atoms with van der Waals surface area (Å²) in [4.78, 5) is 15.6. The fourth-order valence-electron chi connectivity index (χ4n) is 3.32. The van der Waals surface area contributed by atoms with Crippen molar-refractivity contribution in [3.05, 3.63) is 60.0 Å². The molecule has 34 heavy (non-hydrogen) atoms. The van der Waals surface area contributed by atoms with Crippen molar-refractivity contribution in [2.75, 3.05) is 17.6 Å². The molecule has 0 bridgehead atoms. The van der Waals surface area contributed by atoms with Crippen LogP contribution < -0.4 is 15.2 Å². The number of nitrogen functional groups attached to an aromatic ring is 1. The van der Waals surface area contributed by atoms with Crippen molar-refractivity contribution in [3.8, 4) is 17.0 Å². The van der Waals surface area contributed by atoms with Crippen molar-refractivity contribution in [1.29, 1.82) is 0 Å². The lowest BCUT2D eigenvalue weighted by atomic mass is 10.1. The number of nitrogens with two attached hydrogens (primary N) is 1.